The first-order chi connectivity index (χ1) is 15.6. The lowest BCUT2D eigenvalue weighted by Gasteiger charge is -2.15. The highest BCUT2D eigenvalue weighted by molar-refractivity contribution is 5.73. The molecule has 0 unspecified atom stereocenters. The van der Waals surface area contributed by atoms with Crippen molar-refractivity contribution in [2.24, 2.45) is 0 Å². The van der Waals surface area contributed by atoms with Crippen LogP contribution in [0.5, 0.6) is 5.75 Å². The molecular weight excluding hydrogens is 449 g/mol. The fourth-order valence-corrected chi connectivity index (χ4v) is 3.72. The minimum absolute atomic E-state index is 0.0754. The topological polar surface area (TPSA) is 20.2 Å². The highest BCUT2D eigenvalue weighted by Gasteiger charge is 2.25. The van der Waals surface area contributed by atoms with Gasteiger partial charge in [0.2, 0.25) is 0 Å². The van der Waals surface area contributed by atoms with Crippen molar-refractivity contribution in [2.45, 2.75) is 45.4 Å². The molecule has 0 spiro atoms. The first-order valence-electron chi connectivity index (χ1n) is 10.5. The van der Waals surface area contributed by atoms with Gasteiger partial charge in [-0.05, 0) is 61.1 Å². The Morgan fingerprint density at radius 2 is 1.12 bits per heavy atom. The van der Waals surface area contributed by atoms with Gasteiger partial charge >= 0.3 is 0 Å². The Morgan fingerprint density at radius 3 is 1.70 bits per heavy atom. The molecule has 33 heavy (non-hydrogen) atoms. The molecule has 0 atom stereocenters. The van der Waals surface area contributed by atoms with Crippen LogP contribution >= 0.6 is 0 Å². The predicted octanol–water partition coefficient (Wildman–Crippen LogP) is 7.55. The average molecular weight is 470 g/mol. The second kappa shape index (κ2) is 10.3. The molecule has 0 saturated heterocycles. The maximum atomic E-state index is 15.2. The molecule has 1 nitrogen and oxygen atoms in total. The Morgan fingerprint density at radius 1 is 0.576 bits per heavy atom. The van der Waals surface area contributed by atoms with Gasteiger partial charge in [-0.25, -0.2) is 30.7 Å². The normalized spacial score (nSPS) is 11.3. The third-order valence-corrected chi connectivity index (χ3v) is 5.42. The molecule has 0 aliphatic carbocycles. The lowest BCUT2D eigenvalue weighted by molar-refractivity contribution is 0.445. The van der Waals surface area contributed by atoms with Crippen molar-refractivity contribution in [2.75, 3.05) is 0 Å². The molecule has 0 amide bonds. The molecule has 0 bridgehead atoms. The van der Waals surface area contributed by atoms with Gasteiger partial charge in [-0.15, -0.1) is 0 Å². The fourth-order valence-electron chi connectivity index (χ4n) is 3.72. The van der Waals surface area contributed by atoms with Crippen LogP contribution in [0.4, 0.5) is 30.7 Å². The molecular formula is C25H21F7O. The minimum atomic E-state index is -1.67. The molecule has 0 aliphatic rings. The monoisotopic (exact) mass is 470 g/mol. The van der Waals surface area contributed by atoms with E-state index < -0.39 is 69.6 Å². The van der Waals surface area contributed by atoms with Gasteiger partial charge in [0.1, 0.15) is 29.0 Å². The van der Waals surface area contributed by atoms with Crippen LogP contribution < -0.4 is 0 Å². The zero-order valence-corrected chi connectivity index (χ0v) is 17.7. The number of unbranched alkanes of at least 4 members (excludes halogenated alkanes) is 2. The van der Waals surface area contributed by atoms with E-state index in [1.165, 1.54) is 0 Å². The zero-order valence-electron chi connectivity index (χ0n) is 17.7. The third kappa shape index (κ3) is 5.31. The number of halogens is 7. The molecule has 0 radical (unpaired) electrons. The van der Waals surface area contributed by atoms with Crippen molar-refractivity contribution in [3.8, 4) is 16.9 Å². The summed E-state index contributed by atoms with van der Waals surface area (Å²) in [5.41, 5.74) is -2.04. The molecule has 0 saturated carbocycles. The standard InChI is InChI=1S/C25H21F7O/c1-2-3-4-5-13-8-17(27)22(18(28)9-13)23-21(33)12-16(26)15(24(23)31)7-6-14-10-19(29)25(32)20(30)11-14/h8-12,33H,2-7H2,1H3. The van der Waals surface area contributed by atoms with Crippen molar-refractivity contribution in [3.63, 3.8) is 0 Å². The highest BCUT2D eigenvalue weighted by atomic mass is 19.2. The summed E-state index contributed by atoms with van der Waals surface area (Å²) in [6.45, 7) is 1.98. The summed E-state index contributed by atoms with van der Waals surface area (Å²) in [7, 11) is 0. The fraction of sp³-hybridized carbons (Fsp3) is 0.280. The molecule has 0 heterocycles. The lowest BCUT2D eigenvalue weighted by Crippen LogP contribution is -2.05. The number of rotatable bonds is 8. The molecule has 0 aromatic heterocycles. The van der Waals surface area contributed by atoms with Gasteiger partial charge in [-0.1, -0.05) is 19.8 Å². The molecule has 1 N–H and O–H groups in total. The van der Waals surface area contributed by atoms with E-state index in [0.29, 0.717) is 36.6 Å². The van der Waals surface area contributed by atoms with E-state index in [4.69, 9.17) is 0 Å². The van der Waals surface area contributed by atoms with Crippen LogP contribution in [0.25, 0.3) is 11.1 Å². The SMILES string of the molecule is CCCCCc1cc(F)c(-c2c(O)cc(F)c(CCc3cc(F)c(F)c(F)c3)c2F)c(F)c1. The second-order valence-electron chi connectivity index (χ2n) is 7.81. The Kier molecular flexibility index (Phi) is 7.66. The Bertz CT molecular complexity index is 1130. The Balaban J connectivity index is 1.97. The summed E-state index contributed by atoms with van der Waals surface area (Å²) in [4.78, 5) is 0. The number of aromatic hydroxyl groups is 1. The van der Waals surface area contributed by atoms with Gasteiger partial charge in [0, 0.05) is 11.6 Å². The minimum Gasteiger partial charge on any atom is -0.507 e. The summed E-state index contributed by atoms with van der Waals surface area (Å²) >= 11 is 0. The predicted molar refractivity (Wildman–Crippen MR) is 110 cm³/mol. The molecule has 8 heteroatoms. The van der Waals surface area contributed by atoms with Crippen molar-refractivity contribution in [3.05, 3.63) is 87.7 Å². The number of phenolic OH excluding ortho intramolecular Hbond substituents is 1. The maximum absolute atomic E-state index is 15.2. The van der Waals surface area contributed by atoms with E-state index >= 15 is 4.39 Å². The van der Waals surface area contributed by atoms with E-state index in [9.17, 15) is 31.4 Å². The first kappa shape index (κ1) is 24.6. The maximum Gasteiger partial charge on any atom is 0.194 e. The molecule has 0 fully saturated rings. The van der Waals surface area contributed by atoms with Crippen LogP contribution in [0.1, 0.15) is 42.9 Å². The number of hydrogen-bond acceptors (Lipinski definition) is 1. The van der Waals surface area contributed by atoms with Gasteiger partial charge < -0.3 is 5.11 Å². The van der Waals surface area contributed by atoms with Gasteiger partial charge in [0.15, 0.2) is 17.5 Å². The largest absolute Gasteiger partial charge is 0.507 e. The van der Waals surface area contributed by atoms with Crippen LogP contribution in [-0.2, 0) is 19.3 Å². The number of phenols is 1. The van der Waals surface area contributed by atoms with Crippen LogP contribution in [-0.4, -0.2) is 5.11 Å². The van der Waals surface area contributed by atoms with E-state index in [2.05, 4.69) is 0 Å². The first-order valence-corrected chi connectivity index (χ1v) is 10.5. The summed E-state index contributed by atoms with van der Waals surface area (Å²) in [6.07, 6.45) is 2.14. The number of hydrogen-bond donors (Lipinski definition) is 1. The summed E-state index contributed by atoms with van der Waals surface area (Å²) < 4.78 is 99.0. The lowest BCUT2D eigenvalue weighted by atomic mass is 9.94. The van der Waals surface area contributed by atoms with E-state index in [0.717, 1.165) is 25.0 Å². The molecule has 176 valence electrons. The molecule has 3 rings (SSSR count). The van der Waals surface area contributed by atoms with Gasteiger partial charge in [0.25, 0.3) is 0 Å². The van der Waals surface area contributed by atoms with Crippen molar-refractivity contribution < 1.29 is 35.8 Å². The second-order valence-corrected chi connectivity index (χ2v) is 7.81. The summed E-state index contributed by atoms with van der Waals surface area (Å²) in [5, 5.41) is 10.1. The van der Waals surface area contributed by atoms with Crippen LogP contribution in [0.2, 0.25) is 0 Å². The summed E-state index contributed by atoms with van der Waals surface area (Å²) in [5.74, 6) is -10.4. The van der Waals surface area contributed by atoms with Crippen molar-refractivity contribution in [1.29, 1.82) is 0 Å². The van der Waals surface area contributed by atoms with Gasteiger partial charge in [0.05, 0.1) is 11.1 Å². The molecule has 3 aromatic carbocycles. The van der Waals surface area contributed by atoms with Crippen LogP contribution in [0.3, 0.4) is 0 Å². The van der Waals surface area contributed by atoms with Crippen molar-refractivity contribution >= 4 is 0 Å². The summed E-state index contributed by atoms with van der Waals surface area (Å²) in [6, 6.07) is 3.98. The smallest absolute Gasteiger partial charge is 0.194 e. The van der Waals surface area contributed by atoms with E-state index in [1.807, 2.05) is 6.92 Å². The van der Waals surface area contributed by atoms with Crippen LogP contribution in [0.15, 0.2) is 30.3 Å². The van der Waals surface area contributed by atoms with Gasteiger partial charge in [-0.3, -0.25) is 0 Å². The molecule has 0 aliphatic heterocycles. The van der Waals surface area contributed by atoms with Crippen molar-refractivity contribution in [1.82, 2.24) is 0 Å². The Hall–Kier alpha value is -3.03. The quantitative estimate of drug-likeness (QED) is 0.205. The van der Waals surface area contributed by atoms with E-state index in [-0.39, 0.29) is 12.0 Å². The highest BCUT2D eigenvalue weighted by Crippen LogP contribution is 2.39. The zero-order chi connectivity index (χ0) is 24.3. The van der Waals surface area contributed by atoms with E-state index in [1.54, 1.807) is 0 Å². The third-order valence-electron chi connectivity index (χ3n) is 5.42. The molecule has 3 aromatic rings. The van der Waals surface area contributed by atoms with Crippen LogP contribution in [0, 0.1) is 40.7 Å². The Labute approximate surface area is 186 Å². The van der Waals surface area contributed by atoms with Gasteiger partial charge in [-0.2, -0.15) is 0 Å². The number of benzene rings is 3. The number of aryl methyl sites for hydroxylation is 2. The average Bonchev–Trinajstić information content (AvgIpc) is 2.73.